The Kier molecular flexibility index (Phi) is 18.2. The number of hydrogen-bond donors (Lipinski definition) is 11. The highest BCUT2D eigenvalue weighted by Gasteiger charge is 2.32. The lowest BCUT2D eigenvalue weighted by Gasteiger charge is -2.27. The topological polar surface area (TPSA) is 307 Å². The van der Waals surface area contributed by atoms with E-state index in [9.17, 15) is 48.9 Å². The monoisotopic (exact) mass is 773 g/mol. The summed E-state index contributed by atoms with van der Waals surface area (Å²) in [5.74, 6) is -6.00. The Balaban J connectivity index is 2.20. The van der Waals surface area contributed by atoms with Crippen LogP contribution in [0.2, 0.25) is 0 Å². The number of aliphatic carboxylic acids is 1. The molecule has 1 heterocycles. The van der Waals surface area contributed by atoms with Crippen LogP contribution < -0.4 is 37.6 Å². The molecule has 0 aliphatic carbocycles. The van der Waals surface area contributed by atoms with Crippen molar-refractivity contribution < 1.29 is 48.9 Å². The van der Waals surface area contributed by atoms with Crippen molar-refractivity contribution in [3.05, 3.63) is 48.0 Å². The number of nitrogens with two attached hydrogens (primary N) is 1. The minimum atomic E-state index is -1.34. The van der Waals surface area contributed by atoms with E-state index >= 15 is 0 Å². The van der Waals surface area contributed by atoms with Crippen LogP contribution in [0.15, 0.2) is 36.8 Å². The first kappa shape index (κ1) is 45.6. The Bertz CT molecular complexity index is 1600. The van der Waals surface area contributed by atoms with Gasteiger partial charge in [0.2, 0.25) is 35.4 Å². The molecule has 2 rings (SSSR count). The molecule has 12 N–H and O–H groups in total. The Morgan fingerprint density at radius 3 is 1.60 bits per heavy atom. The molecule has 0 unspecified atom stereocenters. The molecule has 1 aromatic heterocycles. The molecule has 0 saturated carbocycles. The zero-order chi connectivity index (χ0) is 41.4. The minimum Gasteiger partial charge on any atom is -0.508 e. The summed E-state index contributed by atoms with van der Waals surface area (Å²) in [7, 11) is 0. The first-order valence-corrected chi connectivity index (χ1v) is 18.0. The molecule has 1 aromatic carbocycles. The number of nitrogens with one attached hydrogen (secondary N) is 7. The fourth-order valence-corrected chi connectivity index (χ4v) is 5.29. The molecule has 0 saturated heterocycles. The van der Waals surface area contributed by atoms with Gasteiger partial charge in [-0.1, -0.05) is 39.8 Å². The molecule has 2 aromatic rings. The van der Waals surface area contributed by atoms with E-state index in [2.05, 4.69) is 41.9 Å². The van der Waals surface area contributed by atoms with Crippen LogP contribution in [0.25, 0.3) is 0 Å². The third-order valence-electron chi connectivity index (χ3n) is 8.32. The second-order valence-electron chi connectivity index (χ2n) is 14.2. The maximum absolute atomic E-state index is 13.8. The van der Waals surface area contributed by atoms with Crippen molar-refractivity contribution in [1.82, 2.24) is 41.9 Å². The van der Waals surface area contributed by atoms with E-state index < -0.39 is 90.3 Å². The average Bonchev–Trinajstić information content (AvgIpc) is 3.63. The second kappa shape index (κ2) is 22.0. The molecule has 0 fully saturated rings. The quantitative estimate of drug-likeness (QED) is 0.0641. The number of aromatic hydroxyl groups is 1. The van der Waals surface area contributed by atoms with E-state index in [4.69, 9.17) is 5.73 Å². The Morgan fingerprint density at radius 1 is 0.655 bits per heavy atom. The number of amides is 6. The zero-order valence-electron chi connectivity index (χ0n) is 31.9. The van der Waals surface area contributed by atoms with Gasteiger partial charge >= 0.3 is 5.97 Å². The van der Waals surface area contributed by atoms with Crippen LogP contribution in [0, 0.1) is 11.8 Å². The maximum Gasteiger partial charge on any atom is 0.326 e. The molecule has 0 aliphatic heterocycles. The Morgan fingerprint density at radius 2 is 1.11 bits per heavy atom. The third kappa shape index (κ3) is 15.8. The number of nitrogens with zero attached hydrogens (tertiary/aromatic N) is 1. The van der Waals surface area contributed by atoms with Crippen LogP contribution in [0.4, 0.5) is 0 Å². The Hall–Kier alpha value is -5.56. The summed E-state index contributed by atoms with van der Waals surface area (Å²) in [4.78, 5) is 97.6. The van der Waals surface area contributed by atoms with Gasteiger partial charge in [-0.3, -0.25) is 28.8 Å². The van der Waals surface area contributed by atoms with Gasteiger partial charge in [0.05, 0.1) is 12.9 Å². The van der Waals surface area contributed by atoms with E-state index in [1.54, 1.807) is 0 Å². The standard InChI is InChI=1S/C36H55N9O10/c1-18(2)11-26(43-32(50)25(37)16-46)33(51)41-20(5)30(48)40-21(6)31(49)42-28(13-22-7-9-24(47)10-8-22)35(53)44-27(12-19(3)4)34(52)45-29(36(54)55)14-23-15-38-17-39-23/h7-10,15,17-21,25-29,46-47H,11-14,16,37H2,1-6H3,(H,38,39)(H,40,48)(H,41,51)(H,42,49)(H,43,50)(H,44,53)(H,45,52)(H,54,55)/t20-,21-,25-,26-,27-,28-,29-/m0/s1. The van der Waals surface area contributed by atoms with Crippen LogP contribution in [-0.4, -0.2) is 116 Å². The molecule has 0 aliphatic rings. The van der Waals surface area contributed by atoms with Gasteiger partial charge in [0.15, 0.2) is 0 Å². The van der Waals surface area contributed by atoms with Crippen LogP contribution in [0.1, 0.15) is 65.6 Å². The van der Waals surface area contributed by atoms with Crippen molar-refractivity contribution in [1.29, 1.82) is 0 Å². The van der Waals surface area contributed by atoms with Gasteiger partial charge in [-0.15, -0.1) is 0 Å². The van der Waals surface area contributed by atoms with E-state index in [1.807, 2.05) is 27.7 Å². The number of rotatable bonds is 22. The minimum absolute atomic E-state index is 0.0326. The summed E-state index contributed by atoms with van der Waals surface area (Å²) in [6.07, 6.45) is 2.94. The molecule has 7 atom stereocenters. The number of carbonyl (C=O) groups is 7. The number of H-pyrrole nitrogens is 1. The average molecular weight is 774 g/mol. The summed E-state index contributed by atoms with van der Waals surface area (Å²) in [5.41, 5.74) is 6.56. The number of hydrogen-bond acceptors (Lipinski definition) is 11. The van der Waals surface area contributed by atoms with E-state index in [0.717, 1.165) is 0 Å². The lowest BCUT2D eigenvalue weighted by molar-refractivity contribution is -0.142. The number of imidazole rings is 1. The normalized spacial score (nSPS) is 15.0. The number of aromatic nitrogens is 2. The van der Waals surface area contributed by atoms with Gasteiger partial charge in [-0.2, -0.15) is 0 Å². The molecule has 19 nitrogen and oxygen atoms in total. The summed E-state index contributed by atoms with van der Waals surface area (Å²) in [6.45, 7) is 9.36. The van der Waals surface area contributed by atoms with Gasteiger partial charge in [0.25, 0.3) is 0 Å². The predicted octanol–water partition coefficient (Wildman–Crippen LogP) is -1.65. The van der Waals surface area contributed by atoms with Gasteiger partial charge in [-0.25, -0.2) is 9.78 Å². The number of benzene rings is 1. The maximum atomic E-state index is 13.8. The van der Waals surface area contributed by atoms with Crippen molar-refractivity contribution in [3.8, 4) is 5.75 Å². The molecule has 304 valence electrons. The fraction of sp³-hybridized carbons (Fsp3) is 0.556. The molecule has 55 heavy (non-hydrogen) atoms. The number of aliphatic hydroxyl groups is 1. The van der Waals surface area contributed by atoms with Gasteiger partial charge in [0.1, 0.15) is 48.0 Å². The lowest BCUT2D eigenvalue weighted by atomic mass is 10.00. The molecular weight excluding hydrogens is 718 g/mol. The van der Waals surface area contributed by atoms with Crippen molar-refractivity contribution in [2.24, 2.45) is 17.6 Å². The van der Waals surface area contributed by atoms with Gasteiger partial charge < -0.3 is 57.9 Å². The van der Waals surface area contributed by atoms with Crippen molar-refractivity contribution in [3.63, 3.8) is 0 Å². The second-order valence-corrected chi connectivity index (χ2v) is 14.2. The molecule has 0 radical (unpaired) electrons. The van der Waals surface area contributed by atoms with E-state index in [1.165, 1.54) is 50.6 Å². The van der Waals surface area contributed by atoms with Crippen LogP contribution in [0.5, 0.6) is 5.75 Å². The number of carboxylic acids is 1. The molecule has 6 amide bonds. The first-order valence-electron chi connectivity index (χ1n) is 18.0. The number of aromatic amines is 1. The number of carboxylic acid groups (broad SMARTS) is 1. The van der Waals surface area contributed by atoms with Gasteiger partial charge in [0, 0.05) is 24.7 Å². The van der Waals surface area contributed by atoms with Crippen molar-refractivity contribution in [2.45, 2.75) is 110 Å². The molecule has 0 spiro atoms. The zero-order valence-corrected chi connectivity index (χ0v) is 31.9. The van der Waals surface area contributed by atoms with E-state index in [0.29, 0.717) is 11.3 Å². The van der Waals surface area contributed by atoms with Gasteiger partial charge in [-0.05, 0) is 56.2 Å². The highest BCUT2D eigenvalue weighted by atomic mass is 16.4. The Labute approximate surface area is 319 Å². The number of aliphatic hydroxyl groups excluding tert-OH is 1. The van der Waals surface area contributed by atoms with Crippen LogP contribution >= 0.6 is 0 Å². The fourth-order valence-electron chi connectivity index (χ4n) is 5.29. The smallest absolute Gasteiger partial charge is 0.326 e. The molecular formula is C36H55N9O10. The lowest BCUT2D eigenvalue weighted by Crippen LogP contribution is -2.59. The predicted molar refractivity (Wildman–Crippen MR) is 199 cm³/mol. The van der Waals surface area contributed by atoms with E-state index in [-0.39, 0.29) is 43.3 Å². The number of carbonyl (C=O) groups excluding carboxylic acids is 6. The number of phenolic OH excluding ortho intramolecular Hbond substituents is 1. The van der Waals surface area contributed by atoms with Crippen molar-refractivity contribution >= 4 is 41.4 Å². The summed E-state index contributed by atoms with van der Waals surface area (Å²) >= 11 is 0. The number of phenols is 1. The molecule has 19 heteroatoms. The van der Waals surface area contributed by atoms with Crippen LogP contribution in [-0.2, 0) is 46.4 Å². The summed E-state index contributed by atoms with van der Waals surface area (Å²) in [6, 6.07) is -2.69. The van der Waals surface area contributed by atoms with Crippen LogP contribution in [0.3, 0.4) is 0 Å². The first-order chi connectivity index (χ1) is 25.8. The summed E-state index contributed by atoms with van der Waals surface area (Å²) in [5, 5.41) is 43.9. The van der Waals surface area contributed by atoms with Crippen molar-refractivity contribution in [2.75, 3.05) is 6.61 Å². The highest BCUT2D eigenvalue weighted by Crippen LogP contribution is 2.13. The third-order valence-corrected chi connectivity index (χ3v) is 8.32. The largest absolute Gasteiger partial charge is 0.508 e. The SMILES string of the molecule is CC(C)C[C@H](NC(=O)[C@H](Cc1ccc(O)cc1)NC(=O)[C@H](C)NC(=O)[C@H](C)NC(=O)[C@H](CC(C)C)NC(=O)[C@@H](N)CO)C(=O)N[C@@H](Cc1cnc[nH]1)C(=O)O. The molecule has 0 bridgehead atoms. The summed E-state index contributed by atoms with van der Waals surface area (Å²) < 4.78 is 0. The highest BCUT2D eigenvalue weighted by molar-refractivity contribution is 5.97.